The Balaban J connectivity index is 1.68. The summed E-state index contributed by atoms with van der Waals surface area (Å²) in [5.41, 5.74) is -0.368. The van der Waals surface area contributed by atoms with Crippen LogP contribution in [-0.2, 0) is 16.9 Å². The number of carbonyl (C=O) groups is 1. The third-order valence-corrected chi connectivity index (χ3v) is 7.06. The van der Waals surface area contributed by atoms with E-state index in [0.717, 1.165) is 0 Å². The zero-order chi connectivity index (χ0) is 29.9. The van der Waals surface area contributed by atoms with E-state index >= 15 is 0 Å². The van der Waals surface area contributed by atoms with Crippen LogP contribution >= 0.6 is 0 Å². The Bertz CT molecular complexity index is 1550. The molecule has 3 aromatic carbocycles. The minimum Gasteiger partial charge on any atom is -0.481 e. The van der Waals surface area contributed by atoms with Gasteiger partial charge in [0, 0.05) is 48.6 Å². The number of halogens is 3. The Labute approximate surface area is 239 Å². The lowest BCUT2D eigenvalue weighted by atomic mass is 9.77. The molecule has 0 saturated carbocycles. The normalized spacial score (nSPS) is 17.1. The first-order valence-corrected chi connectivity index (χ1v) is 12.9. The topological polar surface area (TPSA) is 106 Å². The van der Waals surface area contributed by atoms with Crippen LogP contribution in [0, 0.1) is 17.5 Å². The lowest BCUT2D eigenvalue weighted by Gasteiger charge is -2.39. The molecule has 218 valence electrons. The van der Waals surface area contributed by atoms with Crippen LogP contribution in [0.15, 0.2) is 72.8 Å². The smallest absolute Gasteiger partial charge is 0.347 e. The maximum atomic E-state index is 14.7. The van der Waals surface area contributed by atoms with Crippen molar-refractivity contribution in [2.24, 2.45) is 0 Å². The van der Waals surface area contributed by atoms with Gasteiger partial charge in [0.25, 0.3) is 0 Å². The predicted molar refractivity (Wildman–Crippen MR) is 146 cm³/mol. The number of fused-ring (bicyclic) bond motifs is 1. The van der Waals surface area contributed by atoms with E-state index in [9.17, 15) is 23.1 Å². The Morgan fingerprint density at radius 2 is 1.60 bits per heavy atom. The minimum absolute atomic E-state index is 0.0958. The molecule has 0 saturated heterocycles. The number of hydrogen-bond donors (Lipinski definition) is 2. The van der Waals surface area contributed by atoms with E-state index in [-0.39, 0.29) is 43.0 Å². The van der Waals surface area contributed by atoms with Gasteiger partial charge in [-0.2, -0.15) is 9.97 Å². The highest BCUT2D eigenvalue weighted by Crippen LogP contribution is 2.42. The van der Waals surface area contributed by atoms with Crippen LogP contribution in [0.5, 0.6) is 17.8 Å². The van der Waals surface area contributed by atoms with Crippen molar-refractivity contribution in [2.45, 2.75) is 18.2 Å². The number of benzene rings is 3. The fourth-order valence-corrected chi connectivity index (χ4v) is 5.18. The van der Waals surface area contributed by atoms with Gasteiger partial charge >= 0.3 is 12.0 Å². The first-order valence-electron chi connectivity index (χ1n) is 12.9. The number of aliphatic carboxylic acids is 1. The first kappa shape index (κ1) is 28.7. The Hall–Kier alpha value is -4.84. The summed E-state index contributed by atoms with van der Waals surface area (Å²) in [5, 5.41) is 14.0. The van der Waals surface area contributed by atoms with E-state index in [1.54, 1.807) is 59.5 Å². The molecule has 2 atom stereocenters. The molecule has 1 aliphatic rings. The summed E-state index contributed by atoms with van der Waals surface area (Å²) in [5.74, 6) is -4.21. The Kier molecular flexibility index (Phi) is 8.16. The van der Waals surface area contributed by atoms with Crippen molar-refractivity contribution >= 4 is 11.7 Å². The molecule has 1 aromatic heterocycles. The summed E-state index contributed by atoms with van der Waals surface area (Å²) in [7, 11) is 2.77. The number of nitrogens with zero attached hydrogens (tertiary/aromatic N) is 3. The number of nitrogens with one attached hydrogen (secondary N) is 1. The van der Waals surface area contributed by atoms with Gasteiger partial charge in [0.05, 0.1) is 20.3 Å². The van der Waals surface area contributed by atoms with Gasteiger partial charge in [-0.05, 0) is 11.6 Å². The van der Waals surface area contributed by atoms with Crippen molar-refractivity contribution < 1.29 is 37.3 Å². The van der Waals surface area contributed by atoms with E-state index in [1.807, 2.05) is 0 Å². The summed E-state index contributed by atoms with van der Waals surface area (Å²) >= 11 is 0. The minimum atomic E-state index is -1.66. The van der Waals surface area contributed by atoms with Gasteiger partial charge in [0.15, 0.2) is 0 Å². The molecule has 5 rings (SSSR count). The number of para-hydroxylation sites is 1. The molecule has 0 spiro atoms. The van der Waals surface area contributed by atoms with E-state index in [1.165, 1.54) is 20.3 Å². The maximum absolute atomic E-state index is 14.7. The van der Waals surface area contributed by atoms with Gasteiger partial charge in [-0.15, -0.1) is 0 Å². The molecule has 0 fully saturated rings. The number of rotatable bonds is 9. The molecule has 0 aliphatic carbocycles. The highest BCUT2D eigenvalue weighted by atomic mass is 19.1. The zero-order valence-electron chi connectivity index (χ0n) is 22.7. The van der Waals surface area contributed by atoms with Gasteiger partial charge < -0.3 is 24.2 Å². The Morgan fingerprint density at radius 3 is 2.21 bits per heavy atom. The van der Waals surface area contributed by atoms with Crippen molar-refractivity contribution in [3.8, 4) is 17.8 Å². The van der Waals surface area contributed by atoms with Gasteiger partial charge in [-0.3, -0.25) is 5.32 Å². The molecule has 0 amide bonds. The Morgan fingerprint density at radius 1 is 0.976 bits per heavy atom. The number of carboxylic acid groups (broad SMARTS) is 1. The SMILES string of the molecule is COc1cc(OC)nc(O[C@H](C(=O)O)[C@@]2(c3ccccc3)NCCN(Cc3c(F)cc(F)cc3F)c3ccccc32)n1. The average molecular weight is 581 g/mol. The second-order valence-corrected chi connectivity index (χ2v) is 9.46. The highest BCUT2D eigenvalue weighted by Gasteiger charge is 2.51. The largest absolute Gasteiger partial charge is 0.481 e. The van der Waals surface area contributed by atoms with Crippen LogP contribution in [0.4, 0.5) is 18.9 Å². The third-order valence-electron chi connectivity index (χ3n) is 7.06. The van der Waals surface area contributed by atoms with E-state index < -0.39 is 35.1 Å². The molecule has 1 aliphatic heterocycles. The highest BCUT2D eigenvalue weighted by molar-refractivity contribution is 5.78. The maximum Gasteiger partial charge on any atom is 0.347 e. The molecule has 4 aromatic rings. The van der Waals surface area contributed by atoms with Crippen molar-refractivity contribution in [1.82, 2.24) is 15.3 Å². The third kappa shape index (κ3) is 5.40. The van der Waals surface area contributed by atoms with Crippen LogP contribution < -0.4 is 24.4 Å². The summed E-state index contributed by atoms with van der Waals surface area (Å²) in [6.07, 6.45) is -1.66. The lowest BCUT2D eigenvalue weighted by molar-refractivity contribution is -0.149. The summed E-state index contributed by atoms with van der Waals surface area (Å²) in [6, 6.07) is 18.1. The molecule has 12 heteroatoms. The quantitative estimate of drug-likeness (QED) is 0.300. The fraction of sp³-hybridized carbons (Fsp3) is 0.233. The molecule has 0 unspecified atom stereocenters. The molecule has 2 N–H and O–H groups in total. The second-order valence-electron chi connectivity index (χ2n) is 9.46. The number of methoxy groups -OCH3 is 2. The van der Waals surface area contributed by atoms with Crippen molar-refractivity contribution in [2.75, 3.05) is 32.2 Å². The van der Waals surface area contributed by atoms with Crippen LogP contribution in [0.2, 0.25) is 0 Å². The predicted octanol–water partition coefficient (Wildman–Crippen LogP) is 4.30. The summed E-state index contributed by atoms with van der Waals surface area (Å²) in [4.78, 5) is 23.1. The van der Waals surface area contributed by atoms with Gasteiger partial charge in [-0.25, -0.2) is 18.0 Å². The zero-order valence-corrected chi connectivity index (χ0v) is 22.7. The van der Waals surface area contributed by atoms with Gasteiger partial charge in [0.1, 0.15) is 23.0 Å². The lowest BCUT2D eigenvalue weighted by Crippen LogP contribution is -2.58. The first-order chi connectivity index (χ1) is 20.3. The van der Waals surface area contributed by atoms with Crippen LogP contribution in [0.1, 0.15) is 16.7 Å². The number of carboxylic acids is 1. The van der Waals surface area contributed by atoms with Crippen molar-refractivity contribution in [1.29, 1.82) is 0 Å². The average Bonchev–Trinajstić information content (AvgIpc) is 3.15. The van der Waals surface area contributed by atoms with Crippen molar-refractivity contribution in [3.63, 3.8) is 0 Å². The number of anilines is 1. The fourth-order valence-electron chi connectivity index (χ4n) is 5.18. The van der Waals surface area contributed by atoms with Crippen molar-refractivity contribution in [3.05, 3.63) is 107 Å². The van der Waals surface area contributed by atoms with Crippen LogP contribution in [0.25, 0.3) is 0 Å². The summed E-state index contributed by atoms with van der Waals surface area (Å²) in [6.45, 7) is 0.150. The van der Waals surface area contributed by atoms with E-state index in [4.69, 9.17) is 14.2 Å². The molecular weight excluding hydrogens is 553 g/mol. The number of hydrogen-bond acceptors (Lipinski definition) is 8. The molecule has 9 nitrogen and oxygen atoms in total. The summed E-state index contributed by atoms with van der Waals surface area (Å²) < 4.78 is 59.5. The molecule has 42 heavy (non-hydrogen) atoms. The molecule has 0 bridgehead atoms. The van der Waals surface area contributed by atoms with E-state index in [2.05, 4.69) is 15.3 Å². The van der Waals surface area contributed by atoms with E-state index in [0.29, 0.717) is 28.9 Å². The molecule has 0 radical (unpaired) electrons. The standard InChI is InChI=1S/C30H27F3N4O5/c1-40-25-16-26(41-2)36-29(35-25)42-27(28(38)39)30(18-8-4-3-5-9-18)21-10-6-7-11-24(21)37(13-12-34-30)17-20-22(32)14-19(31)15-23(20)33/h3-11,14-16,27,34H,12-13,17H2,1-2H3,(H,38,39)/t27-,30+/m1/s1. The number of ether oxygens (including phenoxy) is 3. The van der Waals surface area contributed by atoms with Crippen LogP contribution in [-0.4, -0.2) is 54.5 Å². The molecule has 2 heterocycles. The number of aromatic nitrogens is 2. The second kappa shape index (κ2) is 12.0. The van der Waals surface area contributed by atoms with Crippen LogP contribution in [0.3, 0.4) is 0 Å². The van der Waals surface area contributed by atoms with Gasteiger partial charge in [-0.1, -0.05) is 48.5 Å². The van der Waals surface area contributed by atoms with Gasteiger partial charge in [0.2, 0.25) is 17.9 Å². The molecular formula is C30H27F3N4O5. The monoisotopic (exact) mass is 580 g/mol.